The van der Waals surface area contributed by atoms with Gasteiger partial charge < -0.3 is 5.11 Å². The van der Waals surface area contributed by atoms with Gasteiger partial charge in [0.1, 0.15) is 0 Å². The minimum absolute atomic E-state index is 0.106. The quantitative estimate of drug-likeness (QED) is 0.527. The first kappa shape index (κ1) is 7.07. The molecule has 1 rings (SSSR count). The topological polar surface area (TPSA) is 20.2 Å². The van der Waals surface area contributed by atoms with Gasteiger partial charge in [0.2, 0.25) is 0 Å². The average molecular weight is 127 g/mol. The Morgan fingerprint density at radius 2 is 1.89 bits per heavy atom. The van der Waals surface area contributed by atoms with Crippen molar-refractivity contribution in [2.75, 3.05) is 0 Å². The summed E-state index contributed by atoms with van der Waals surface area (Å²) in [6.45, 7) is 0. The third-order valence-corrected chi connectivity index (χ3v) is 1.89. The second-order valence-corrected chi connectivity index (χ2v) is 2.79. The van der Waals surface area contributed by atoms with E-state index in [2.05, 4.69) is 0 Å². The van der Waals surface area contributed by atoms with Crippen molar-refractivity contribution >= 4 is 0 Å². The lowest BCUT2D eigenvalue weighted by Crippen LogP contribution is -2.08. The van der Waals surface area contributed by atoms with E-state index < -0.39 is 0 Å². The Morgan fingerprint density at radius 3 is 2.78 bits per heavy atom. The molecule has 1 aliphatic carbocycles. The Bertz CT molecular complexity index is 63.0. The summed E-state index contributed by atoms with van der Waals surface area (Å²) in [6.07, 6.45) is 9.17. The van der Waals surface area contributed by atoms with Crippen molar-refractivity contribution in [3.8, 4) is 0 Å². The summed E-state index contributed by atoms with van der Waals surface area (Å²) in [5, 5.41) is 9.16. The Kier molecular flexibility index (Phi) is 3.05. The molecule has 0 aromatic carbocycles. The van der Waals surface area contributed by atoms with E-state index in [4.69, 9.17) is 5.11 Å². The van der Waals surface area contributed by atoms with E-state index in [1.54, 1.807) is 0 Å². The van der Waals surface area contributed by atoms with Gasteiger partial charge in [-0.2, -0.15) is 0 Å². The first-order chi connectivity index (χ1) is 4.39. The van der Waals surface area contributed by atoms with Crippen LogP contribution in [0.2, 0.25) is 0 Å². The lowest BCUT2D eigenvalue weighted by molar-refractivity contribution is 0.183. The van der Waals surface area contributed by atoms with Gasteiger partial charge in [-0.05, 0) is 19.3 Å². The molecule has 1 atom stereocenters. The van der Waals surface area contributed by atoms with E-state index in [9.17, 15) is 0 Å². The monoisotopic (exact) mass is 127 g/mol. The van der Waals surface area contributed by atoms with Gasteiger partial charge in [0.05, 0.1) is 6.10 Å². The Hall–Kier alpha value is -0.0400. The zero-order chi connectivity index (χ0) is 6.53. The second kappa shape index (κ2) is 3.89. The van der Waals surface area contributed by atoms with Crippen LogP contribution >= 0.6 is 0 Å². The summed E-state index contributed by atoms with van der Waals surface area (Å²) >= 11 is 0. The first-order valence-corrected chi connectivity index (χ1v) is 3.91. The molecule has 1 nitrogen and oxygen atoms in total. The van der Waals surface area contributed by atoms with Crippen LogP contribution in [0.1, 0.15) is 38.5 Å². The largest absolute Gasteiger partial charge is 0.393 e. The minimum Gasteiger partial charge on any atom is -0.393 e. The molecule has 1 unspecified atom stereocenters. The number of hydrogen-bond donors (Lipinski definition) is 1. The molecule has 1 aliphatic rings. The number of aliphatic hydroxyl groups excluding tert-OH is 1. The molecule has 1 N–H and O–H groups in total. The SMILES string of the molecule is OC1[CH]CCCCCC1. The molecule has 9 heavy (non-hydrogen) atoms. The van der Waals surface area contributed by atoms with Crippen LogP contribution in [0.25, 0.3) is 0 Å². The van der Waals surface area contributed by atoms with Crippen molar-refractivity contribution in [3.05, 3.63) is 6.42 Å². The third-order valence-electron chi connectivity index (χ3n) is 1.89. The van der Waals surface area contributed by atoms with Crippen molar-refractivity contribution in [2.45, 2.75) is 44.6 Å². The molecule has 0 aliphatic heterocycles. The lowest BCUT2D eigenvalue weighted by atomic mass is 9.99. The van der Waals surface area contributed by atoms with Crippen molar-refractivity contribution in [1.29, 1.82) is 0 Å². The summed E-state index contributed by atoms with van der Waals surface area (Å²) in [5.74, 6) is 0. The lowest BCUT2D eigenvalue weighted by Gasteiger charge is -2.12. The van der Waals surface area contributed by atoms with Crippen LogP contribution in [0.5, 0.6) is 0 Å². The molecular formula is C8H15O. The number of aliphatic hydroxyl groups is 1. The maximum Gasteiger partial charge on any atom is 0.0572 e. The highest BCUT2D eigenvalue weighted by molar-refractivity contribution is 4.76. The van der Waals surface area contributed by atoms with Crippen LogP contribution in [-0.4, -0.2) is 11.2 Å². The summed E-state index contributed by atoms with van der Waals surface area (Å²) in [6, 6.07) is 0. The van der Waals surface area contributed by atoms with Gasteiger partial charge in [-0.1, -0.05) is 25.7 Å². The van der Waals surface area contributed by atoms with Gasteiger partial charge in [0.15, 0.2) is 0 Å². The molecule has 1 saturated carbocycles. The molecule has 0 amide bonds. The second-order valence-electron chi connectivity index (χ2n) is 2.79. The zero-order valence-corrected chi connectivity index (χ0v) is 5.84. The molecule has 0 heterocycles. The summed E-state index contributed by atoms with van der Waals surface area (Å²) in [7, 11) is 0. The smallest absolute Gasteiger partial charge is 0.0572 e. The Labute approximate surface area is 57.1 Å². The van der Waals surface area contributed by atoms with Gasteiger partial charge in [0, 0.05) is 0 Å². The van der Waals surface area contributed by atoms with Crippen LogP contribution < -0.4 is 0 Å². The highest BCUT2D eigenvalue weighted by atomic mass is 16.3. The van der Waals surface area contributed by atoms with E-state index in [0.717, 1.165) is 12.8 Å². The standard InChI is InChI=1S/C8H15O/c9-8-6-4-2-1-3-5-7-8/h6,8-9H,1-5,7H2. The fraction of sp³-hybridized carbons (Fsp3) is 0.875. The van der Waals surface area contributed by atoms with E-state index in [1.165, 1.54) is 25.7 Å². The van der Waals surface area contributed by atoms with Crippen molar-refractivity contribution in [3.63, 3.8) is 0 Å². The Morgan fingerprint density at radius 1 is 1.11 bits per heavy atom. The highest BCUT2D eigenvalue weighted by Gasteiger charge is 2.06. The molecule has 0 saturated heterocycles. The molecule has 0 spiro atoms. The van der Waals surface area contributed by atoms with Gasteiger partial charge in [-0.3, -0.25) is 0 Å². The third kappa shape index (κ3) is 2.85. The maximum atomic E-state index is 9.16. The highest BCUT2D eigenvalue weighted by Crippen LogP contribution is 2.15. The normalized spacial score (nSPS) is 25.0. The van der Waals surface area contributed by atoms with Crippen molar-refractivity contribution < 1.29 is 5.11 Å². The first-order valence-electron chi connectivity index (χ1n) is 3.91. The molecule has 53 valence electrons. The van der Waals surface area contributed by atoms with Crippen LogP contribution in [-0.2, 0) is 0 Å². The predicted molar refractivity (Wildman–Crippen MR) is 38.0 cm³/mol. The van der Waals surface area contributed by atoms with Crippen LogP contribution in [0.3, 0.4) is 0 Å². The fourth-order valence-corrected chi connectivity index (χ4v) is 1.28. The fourth-order valence-electron chi connectivity index (χ4n) is 1.28. The van der Waals surface area contributed by atoms with Gasteiger partial charge in [-0.15, -0.1) is 0 Å². The average Bonchev–Trinajstić information content (AvgIpc) is 1.79. The molecule has 0 bridgehead atoms. The molecule has 1 fully saturated rings. The van der Waals surface area contributed by atoms with E-state index >= 15 is 0 Å². The number of rotatable bonds is 0. The maximum absolute atomic E-state index is 9.16. The van der Waals surface area contributed by atoms with E-state index in [1.807, 2.05) is 6.42 Å². The summed E-state index contributed by atoms with van der Waals surface area (Å²) < 4.78 is 0. The van der Waals surface area contributed by atoms with Crippen LogP contribution in [0.15, 0.2) is 0 Å². The van der Waals surface area contributed by atoms with Crippen molar-refractivity contribution in [1.82, 2.24) is 0 Å². The predicted octanol–water partition coefficient (Wildman–Crippen LogP) is 1.91. The Balaban J connectivity index is 2.12. The molecule has 0 aromatic heterocycles. The van der Waals surface area contributed by atoms with Crippen molar-refractivity contribution in [2.24, 2.45) is 0 Å². The molecule has 1 heteroatoms. The summed E-state index contributed by atoms with van der Waals surface area (Å²) in [4.78, 5) is 0. The molecule has 1 radical (unpaired) electrons. The van der Waals surface area contributed by atoms with Gasteiger partial charge >= 0.3 is 0 Å². The molecular weight excluding hydrogens is 112 g/mol. The van der Waals surface area contributed by atoms with E-state index in [-0.39, 0.29) is 6.10 Å². The molecule has 0 aromatic rings. The number of hydrogen-bond acceptors (Lipinski definition) is 1. The summed E-state index contributed by atoms with van der Waals surface area (Å²) in [5.41, 5.74) is 0. The van der Waals surface area contributed by atoms with Gasteiger partial charge in [-0.25, -0.2) is 0 Å². The van der Waals surface area contributed by atoms with Gasteiger partial charge in [0.25, 0.3) is 0 Å². The van der Waals surface area contributed by atoms with E-state index in [0.29, 0.717) is 0 Å². The van der Waals surface area contributed by atoms with Crippen LogP contribution in [0, 0.1) is 6.42 Å². The van der Waals surface area contributed by atoms with Crippen LogP contribution in [0.4, 0.5) is 0 Å². The zero-order valence-electron chi connectivity index (χ0n) is 5.84. The minimum atomic E-state index is -0.106.